The summed E-state index contributed by atoms with van der Waals surface area (Å²) in [6, 6.07) is 9.97. The number of rotatable bonds is 3. The molecule has 0 radical (unpaired) electrons. The smallest absolute Gasteiger partial charge is 0.308 e. The molecule has 1 fully saturated rings. The highest BCUT2D eigenvalue weighted by Gasteiger charge is 2.37. The van der Waals surface area contributed by atoms with Gasteiger partial charge in [0, 0.05) is 19.0 Å². The molecule has 0 amide bonds. The summed E-state index contributed by atoms with van der Waals surface area (Å²) in [6.45, 7) is 4.53. The Hall–Kier alpha value is -1.35. The van der Waals surface area contributed by atoms with Crippen LogP contribution in [0.15, 0.2) is 30.3 Å². The molecular formula is C13H17NO2. The van der Waals surface area contributed by atoms with Gasteiger partial charge in [0.05, 0.1) is 5.92 Å². The normalized spacial score (nSPS) is 25.8. The van der Waals surface area contributed by atoms with Crippen LogP contribution in [0.25, 0.3) is 0 Å². The van der Waals surface area contributed by atoms with Crippen molar-refractivity contribution in [1.82, 2.24) is 4.90 Å². The molecule has 1 saturated heterocycles. The Morgan fingerprint density at radius 2 is 2.06 bits per heavy atom. The van der Waals surface area contributed by atoms with E-state index in [0.29, 0.717) is 6.54 Å². The predicted octanol–water partition coefficient (Wildman–Crippen LogP) is 1.81. The first-order chi connectivity index (χ1) is 7.72. The molecule has 86 valence electrons. The summed E-state index contributed by atoms with van der Waals surface area (Å²) in [7, 11) is 0. The molecule has 3 heteroatoms. The summed E-state index contributed by atoms with van der Waals surface area (Å²) in [4.78, 5) is 13.4. The van der Waals surface area contributed by atoms with E-state index >= 15 is 0 Å². The number of likely N-dealkylation sites (tertiary alicyclic amines) is 1. The molecule has 0 bridgehead atoms. The minimum absolute atomic E-state index is 0.138. The third-order valence-corrected chi connectivity index (χ3v) is 3.39. The molecule has 2 atom stereocenters. The predicted molar refractivity (Wildman–Crippen MR) is 62.4 cm³/mol. The number of carbonyl (C=O) groups is 1. The van der Waals surface area contributed by atoms with Crippen molar-refractivity contribution >= 4 is 5.97 Å². The molecule has 0 spiro atoms. The van der Waals surface area contributed by atoms with Gasteiger partial charge in [0.15, 0.2) is 0 Å². The van der Waals surface area contributed by atoms with Gasteiger partial charge in [-0.15, -0.1) is 0 Å². The first-order valence-electron chi connectivity index (χ1n) is 5.72. The van der Waals surface area contributed by atoms with Crippen LogP contribution in [0.5, 0.6) is 0 Å². The van der Waals surface area contributed by atoms with Crippen molar-refractivity contribution in [3.63, 3.8) is 0 Å². The number of hydrogen-bond acceptors (Lipinski definition) is 2. The zero-order valence-electron chi connectivity index (χ0n) is 9.47. The summed E-state index contributed by atoms with van der Waals surface area (Å²) >= 11 is 0. The SMILES string of the molecule is CCN1C[C@@H](C(=O)O)[C@H](c2ccccc2)C1. The molecule has 0 unspecified atom stereocenters. The molecule has 0 saturated carbocycles. The topological polar surface area (TPSA) is 40.5 Å². The number of hydrogen-bond donors (Lipinski definition) is 1. The van der Waals surface area contributed by atoms with Gasteiger partial charge in [-0.1, -0.05) is 37.3 Å². The first-order valence-corrected chi connectivity index (χ1v) is 5.72. The van der Waals surface area contributed by atoms with E-state index in [-0.39, 0.29) is 11.8 Å². The lowest BCUT2D eigenvalue weighted by molar-refractivity contribution is -0.141. The number of aliphatic carboxylic acids is 1. The Morgan fingerprint density at radius 1 is 1.38 bits per heavy atom. The summed E-state index contributed by atoms with van der Waals surface area (Å²) in [6.07, 6.45) is 0. The number of nitrogens with zero attached hydrogens (tertiary/aromatic N) is 1. The molecular weight excluding hydrogens is 202 g/mol. The van der Waals surface area contributed by atoms with Crippen molar-refractivity contribution in [2.45, 2.75) is 12.8 Å². The zero-order chi connectivity index (χ0) is 11.5. The van der Waals surface area contributed by atoms with Gasteiger partial charge in [-0.2, -0.15) is 0 Å². The fourth-order valence-corrected chi connectivity index (χ4v) is 2.43. The second kappa shape index (κ2) is 4.66. The van der Waals surface area contributed by atoms with Crippen LogP contribution < -0.4 is 0 Å². The van der Waals surface area contributed by atoms with E-state index in [1.807, 2.05) is 30.3 Å². The Bertz CT molecular complexity index is 363. The van der Waals surface area contributed by atoms with E-state index in [0.717, 1.165) is 18.7 Å². The Morgan fingerprint density at radius 3 is 2.62 bits per heavy atom. The maximum absolute atomic E-state index is 11.2. The van der Waals surface area contributed by atoms with Crippen LogP contribution in [-0.2, 0) is 4.79 Å². The molecule has 0 aromatic heterocycles. The molecule has 2 rings (SSSR count). The lowest BCUT2D eigenvalue weighted by atomic mass is 9.89. The van der Waals surface area contributed by atoms with Crippen molar-refractivity contribution in [2.75, 3.05) is 19.6 Å². The van der Waals surface area contributed by atoms with Crippen LogP contribution in [0.1, 0.15) is 18.4 Å². The zero-order valence-corrected chi connectivity index (χ0v) is 9.47. The molecule has 1 aliphatic heterocycles. The second-order valence-corrected chi connectivity index (χ2v) is 4.31. The fraction of sp³-hybridized carbons (Fsp3) is 0.462. The van der Waals surface area contributed by atoms with Crippen molar-refractivity contribution in [1.29, 1.82) is 0 Å². The minimum Gasteiger partial charge on any atom is -0.481 e. The Kier molecular flexibility index (Phi) is 3.25. The molecule has 1 N–H and O–H groups in total. The molecule has 1 aromatic rings. The third-order valence-electron chi connectivity index (χ3n) is 3.39. The maximum atomic E-state index is 11.2. The quantitative estimate of drug-likeness (QED) is 0.842. The summed E-state index contributed by atoms with van der Waals surface area (Å²) in [5.41, 5.74) is 1.14. The largest absolute Gasteiger partial charge is 0.481 e. The summed E-state index contributed by atoms with van der Waals surface area (Å²) < 4.78 is 0. The average molecular weight is 219 g/mol. The second-order valence-electron chi connectivity index (χ2n) is 4.31. The number of carboxylic acid groups (broad SMARTS) is 1. The maximum Gasteiger partial charge on any atom is 0.308 e. The van der Waals surface area contributed by atoms with Crippen molar-refractivity contribution in [3.8, 4) is 0 Å². The van der Waals surface area contributed by atoms with E-state index < -0.39 is 5.97 Å². The van der Waals surface area contributed by atoms with Crippen molar-refractivity contribution < 1.29 is 9.90 Å². The van der Waals surface area contributed by atoms with Gasteiger partial charge in [-0.25, -0.2) is 0 Å². The average Bonchev–Trinajstić information content (AvgIpc) is 2.74. The van der Waals surface area contributed by atoms with Gasteiger partial charge in [0.1, 0.15) is 0 Å². The van der Waals surface area contributed by atoms with E-state index in [1.165, 1.54) is 0 Å². The van der Waals surface area contributed by atoms with Crippen LogP contribution in [0, 0.1) is 5.92 Å². The highest BCUT2D eigenvalue weighted by Crippen LogP contribution is 2.32. The number of likely N-dealkylation sites (N-methyl/N-ethyl adjacent to an activating group) is 1. The third kappa shape index (κ3) is 2.09. The monoisotopic (exact) mass is 219 g/mol. The molecule has 3 nitrogen and oxygen atoms in total. The van der Waals surface area contributed by atoms with E-state index in [4.69, 9.17) is 0 Å². The highest BCUT2D eigenvalue weighted by atomic mass is 16.4. The summed E-state index contributed by atoms with van der Waals surface area (Å²) in [5, 5.41) is 9.23. The fourth-order valence-electron chi connectivity index (χ4n) is 2.43. The van der Waals surface area contributed by atoms with Crippen LogP contribution in [0.2, 0.25) is 0 Å². The molecule has 1 aromatic carbocycles. The lowest BCUT2D eigenvalue weighted by Crippen LogP contribution is -2.23. The number of carboxylic acids is 1. The van der Waals surface area contributed by atoms with Crippen molar-refractivity contribution in [2.24, 2.45) is 5.92 Å². The van der Waals surface area contributed by atoms with Gasteiger partial charge in [0.2, 0.25) is 0 Å². The summed E-state index contributed by atoms with van der Waals surface area (Å²) in [5.74, 6) is -0.800. The van der Waals surface area contributed by atoms with Crippen LogP contribution in [-0.4, -0.2) is 35.6 Å². The van der Waals surface area contributed by atoms with Crippen LogP contribution in [0.3, 0.4) is 0 Å². The Labute approximate surface area is 95.7 Å². The van der Waals surface area contributed by atoms with E-state index in [9.17, 15) is 9.90 Å². The van der Waals surface area contributed by atoms with Crippen LogP contribution in [0.4, 0.5) is 0 Å². The first kappa shape index (κ1) is 11.1. The van der Waals surface area contributed by atoms with Crippen molar-refractivity contribution in [3.05, 3.63) is 35.9 Å². The standard InChI is InChI=1S/C13H17NO2/c1-2-14-8-11(12(9-14)13(15)16)10-6-4-3-5-7-10/h3-7,11-12H,2,8-9H2,1H3,(H,15,16)/t11-,12+/m0/s1. The molecule has 16 heavy (non-hydrogen) atoms. The molecule has 0 aliphatic carbocycles. The number of benzene rings is 1. The van der Waals surface area contributed by atoms with Gasteiger partial charge < -0.3 is 10.0 Å². The van der Waals surface area contributed by atoms with E-state index in [1.54, 1.807) is 0 Å². The molecule has 1 heterocycles. The van der Waals surface area contributed by atoms with E-state index in [2.05, 4.69) is 11.8 Å². The Balaban J connectivity index is 2.22. The highest BCUT2D eigenvalue weighted by molar-refractivity contribution is 5.72. The lowest BCUT2D eigenvalue weighted by Gasteiger charge is -2.14. The van der Waals surface area contributed by atoms with Gasteiger partial charge in [-0.05, 0) is 12.1 Å². The van der Waals surface area contributed by atoms with Gasteiger partial charge in [0.25, 0.3) is 0 Å². The van der Waals surface area contributed by atoms with Gasteiger partial charge in [-0.3, -0.25) is 4.79 Å². The minimum atomic E-state index is -0.676. The van der Waals surface area contributed by atoms with Crippen LogP contribution >= 0.6 is 0 Å². The molecule has 1 aliphatic rings. The van der Waals surface area contributed by atoms with Gasteiger partial charge >= 0.3 is 5.97 Å².